The first-order valence-corrected chi connectivity index (χ1v) is 10.8. The molecule has 2 aromatic carbocycles. The second-order valence-electron chi connectivity index (χ2n) is 8.33. The smallest absolute Gasteiger partial charge is 0.279 e. The highest BCUT2D eigenvalue weighted by Crippen LogP contribution is 2.19. The Morgan fingerprint density at radius 2 is 1.39 bits per heavy atom. The first-order valence-electron chi connectivity index (χ1n) is 10.8. The molecule has 166 valence electrons. The van der Waals surface area contributed by atoms with Gasteiger partial charge in [0, 0.05) is 30.2 Å². The van der Waals surface area contributed by atoms with Crippen LogP contribution in [0.15, 0.2) is 48.5 Å². The van der Waals surface area contributed by atoms with E-state index in [0.29, 0.717) is 5.92 Å². The van der Waals surface area contributed by atoms with Crippen molar-refractivity contribution in [1.82, 2.24) is 0 Å². The molecule has 0 aliphatic carbocycles. The number of nitrogens with zero attached hydrogens (tertiary/aromatic N) is 1. The third-order valence-electron chi connectivity index (χ3n) is 5.31. The molecule has 1 saturated heterocycles. The van der Waals surface area contributed by atoms with E-state index in [1.807, 2.05) is 55.6 Å². The van der Waals surface area contributed by atoms with Gasteiger partial charge in [0.05, 0.1) is 20.3 Å². The number of carbonyl (C=O) groups excluding carboxylic acids is 2. The zero-order valence-electron chi connectivity index (χ0n) is 18.6. The summed E-state index contributed by atoms with van der Waals surface area (Å²) in [4.78, 5) is 27.7. The van der Waals surface area contributed by atoms with Gasteiger partial charge in [0.2, 0.25) is 0 Å². The van der Waals surface area contributed by atoms with E-state index in [2.05, 4.69) is 29.4 Å². The molecule has 0 spiro atoms. The minimum absolute atomic E-state index is 0.113. The zero-order chi connectivity index (χ0) is 22.2. The van der Waals surface area contributed by atoms with Crippen molar-refractivity contribution in [2.75, 3.05) is 62.0 Å². The number of carbonyl (C=O) groups is 2. The van der Waals surface area contributed by atoms with Crippen LogP contribution in [0.3, 0.4) is 0 Å². The van der Waals surface area contributed by atoms with E-state index in [-0.39, 0.29) is 24.9 Å². The maximum Gasteiger partial charge on any atom is 0.279 e. The summed E-state index contributed by atoms with van der Waals surface area (Å²) in [6.45, 7) is 7.94. The Morgan fingerprint density at radius 1 is 0.903 bits per heavy atom. The summed E-state index contributed by atoms with van der Waals surface area (Å²) in [6.07, 6.45) is 0. The molecule has 7 nitrogen and oxygen atoms in total. The molecule has 1 unspecified atom stereocenters. The van der Waals surface area contributed by atoms with E-state index in [9.17, 15) is 9.59 Å². The highest BCUT2D eigenvalue weighted by atomic mass is 16.5. The van der Waals surface area contributed by atoms with E-state index in [4.69, 9.17) is 4.74 Å². The molecule has 1 aliphatic heterocycles. The first kappa shape index (κ1) is 22.8. The van der Waals surface area contributed by atoms with Crippen molar-refractivity contribution in [2.45, 2.75) is 19.8 Å². The van der Waals surface area contributed by atoms with Crippen LogP contribution in [0.2, 0.25) is 0 Å². The summed E-state index contributed by atoms with van der Waals surface area (Å²) in [5.74, 6) is 0.220. The number of ether oxygens (including phenoxy) is 1. The fraction of sp³-hybridized carbons (Fsp3) is 0.417. The monoisotopic (exact) mass is 425 g/mol. The lowest BCUT2D eigenvalue weighted by Crippen LogP contribution is -3.11. The first-order chi connectivity index (χ1) is 14.9. The quantitative estimate of drug-likeness (QED) is 0.602. The molecule has 3 N–H and O–H groups in total. The van der Waals surface area contributed by atoms with Gasteiger partial charge in [-0.05, 0) is 47.9 Å². The molecule has 1 atom stereocenters. The van der Waals surface area contributed by atoms with Crippen molar-refractivity contribution in [3.63, 3.8) is 0 Å². The number of hydrogen-bond donors (Lipinski definition) is 3. The topological polar surface area (TPSA) is 75.1 Å². The predicted molar refractivity (Wildman–Crippen MR) is 124 cm³/mol. The predicted octanol–water partition coefficient (Wildman–Crippen LogP) is 1.74. The molecule has 1 fully saturated rings. The van der Waals surface area contributed by atoms with Crippen LogP contribution in [0.1, 0.15) is 25.3 Å². The van der Waals surface area contributed by atoms with E-state index < -0.39 is 0 Å². The van der Waals surface area contributed by atoms with E-state index in [1.54, 1.807) is 0 Å². The van der Waals surface area contributed by atoms with Crippen LogP contribution in [0.5, 0.6) is 0 Å². The van der Waals surface area contributed by atoms with Crippen LogP contribution < -0.4 is 20.4 Å². The van der Waals surface area contributed by atoms with E-state index in [1.165, 1.54) is 5.56 Å². The summed E-state index contributed by atoms with van der Waals surface area (Å²) < 4.78 is 5.38. The highest BCUT2D eigenvalue weighted by Gasteiger charge is 2.15. The van der Waals surface area contributed by atoms with Crippen molar-refractivity contribution >= 4 is 28.9 Å². The maximum atomic E-state index is 12.4. The second-order valence-corrected chi connectivity index (χ2v) is 8.33. The van der Waals surface area contributed by atoms with Crippen LogP contribution in [-0.2, 0) is 14.3 Å². The van der Waals surface area contributed by atoms with Crippen molar-refractivity contribution < 1.29 is 19.2 Å². The van der Waals surface area contributed by atoms with Crippen LogP contribution >= 0.6 is 0 Å². The Kier molecular flexibility index (Phi) is 8.03. The number of hydrogen-bond acceptors (Lipinski definition) is 4. The molecular weight excluding hydrogens is 392 g/mol. The van der Waals surface area contributed by atoms with Crippen molar-refractivity contribution in [2.24, 2.45) is 0 Å². The zero-order valence-corrected chi connectivity index (χ0v) is 18.6. The van der Waals surface area contributed by atoms with Gasteiger partial charge in [-0.1, -0.05) is 26.0 Å². The van der Waals surface area contributed by atoms with E-state index >= 15 is 0 Å². The van der Waals surface area contributed by atoms with Crippen LogP contribution in [0.25, 0.3) is 0 Å². The van der Waals surface area contributed by atoms with Gasteiger partial charge in [0.25, 0.3) is 11.8 Å². The molecule has 1 heterocycles. The molecule has 0 aromatic heterocycles. The number of benzene rings is 2. The lowest BCUT2D eigenvalue weighted by molar-refractivity contribution is -0.862. The summed E-state index contributed by atoms with van der Waals surface area (Å²) in [6, 6.07) is 15.7. The molecule has 31 heavy (non-hydrogen) atoms. The van der Waals surface area contributed by atoms with Gasteiger partial charge in [0.1, 0.15) is 0 Å². The van der Waals surface area contributed by atoms with Crippen molar-refractivity contribution in [3.8, 4) is 0 Å². The van der Waals surface area contributed by atoms with Crippen LogP contribution in [0, 0.1) is 0 Å². The Labute approximate surface area is 184 Å². The number of likely N-dealkylation sites (N-methyl/N-ethyl adjacent to an activating group) is 1. The third-order valence-corrected chi connectivity index (χ3v) is 5.31. The summed E-state index contributed by atoms with van der Waals surface area (Å²) >= 11 is 0. The largest absolute Gasteiger partial charge is 0.378 e. The number of amides is 2. The molecule has 0 bridgehead atoms. The van der Waals surface area contributed by atoms with Crippen LogP contribution in [0.4, 0.5) is 17.1 Å². The Morgan fingerprint density at radius 3 is 1.87 bits per heavy atom. The van der Waals surface area contributed by atoms with E-state index in [0.717, 1.165) is 48.3 Å². The number of morpholine rings is 1. The fourth-order valence-electron chi connectivity index (χ4n) is 3.55. The number of rotatable bonds is 8. The molecule has 0 saturated carbocycles. The second kappa shape index (κ2) is 10.9. The fourth-order valence-corrected chi connectivity index (χ4v) is 3.55. The van der Waals surface area contributed by atoms with Gasteiger partial charge in [-0.15, -0.1) is 0 Å². The average molecular weight is 426 g/mol. The van der Waals surface area contributed by atoms with Gasteiger partial charge >= 0.3 is 0 Å². The molecular formula is C24H33N4O3+. The molecule has 2 aromatic rings. The van der Waals surface area contributed by atoms with Gasteiger partial charge in [0.15, 0.2) is 13.1 Å². The minimum Gasteiger partial charge on any atom is -0.378 e. The van der Waals surface area contributed by atoms with Gasteiger partial charge < -0.3 is 25.2 Å². The molecule has 3 rings (SSSR count). The molecule has 7 heteroatoms. The lowest BCUT2D eigenvalue weighted by Gasteiger charge is -2.28. The Hall–Kier alpha value is -2.90. The number of quaternary nitrogens is 1. The standard InChI is InChI=1S/C24H32N4O3/c1-18(2)19-4-6-20(7-5-19)25-23(29)16-27(3)17-24(30)26-21-8-10-22(11-9-21)28-12-14-31-15-13-28/h4-11,18H,12-17H2,1-3H3,(H,25,29)(H,26,30)/p+1. The number of anilines is 3. The SMILES string of the molecule is CC(C)c1ccc(NC(=O)C[NH+](C)CC(=O)Nc2ccc(N3CCOCC3)cc2)cc1. The Bertz CT molecular complexity index is 859. The Balaban J connectivity index is 1.42. The third kappa shape index (κ3) is 7.08. The van der Waals surface area contributed by atoms with Crippen molar-refractivity contribution in [1.29, 1.82) is 0 Å². The normalized spacial score (nSPS) is 14.9. The molecule has 1 aliphatic rings. The minimum atomic E-state index is -0.120. The van der Waals surface area contributed by atoms with Crippen molar-refractivity contribution in [3.05, 3.63) is 54.1 Å². The van der Waals surface area contributed by atoms with Gasteiger partial charge in [-0.25, -0.2) is 0 Å². The highest BCUT2D eigenvalue weighted by molar-refractivity contribution is 5.93. The lowest BCUT2D eigenvalue weighted by atomic mass is 10.0. The van der Waals surface area contributed by atoms with Gasteiger partial charge in [-0.3, -0.25) is 9.59 Å². The molecule has 0 radical (unpaired) electrons. The van der Waals surface area contributed by atoms with Crippen LogP contribution in [-0.4, -0.2) is 58.3 Å². The summed E-state index contributed by atoms with van der Waals surface area (Å²) in [5.41, 5.74) is 3.88. The molecule has 2 amide bonds. The summed E-state index contributed by atoms with van der Waals surface area (Å²) in [7, 11) is 1.84. The number of nitrogens with one attached hydrogen (secondary N) is 3. The van der Waals surface area contributed by atoms with Gasteiger partial charge in [-0.2, -0.15) is 0 Å². The maximum absolute atomic E-state index is 12.4. The summed E-state index contributed by atoms with van der Waals surface area (Å²) in [5, 5.41) is 5.80. The average Bonchev–Trinajstić information content (AvgIpc) is 2.75.